The van der Waals surface area contributed by atoms with Crippen molar-refractivity contribution in [3.8, 4) is 5.75 Å². The monoisotopic (exact) mass is 439 g/mol. The lowest BCUT2D eigenvalue weighted by molar-refractivity contribution is -0.114. The fourth-order valence-corrected chi connectivity index (χ4v) is 4.47. The van der Waals surface area contributed by atoms with Crippen LogP contribution in [0.15, 0.2) is 41.3 Å². The van der Waals surface area contributed by atoms with E-state index in [0.29, 0.717) is 23.9 Å². The van der Waals surface area contributed by atoms with E-state index in [2.05, 4.69) is 10.6 Å². The molecule has 2 rings (SSSR count). The number of carbonyl (C=O) groups is 1. The third kappa shape index (κ3) is 5.62. The number of halogens is 1. The predicted molar refractivity (Wildman–Crippen MR) is 116 cm³/mol. The highest BCUT2D eigenvalue weighted by Crippen LogP contribution is 2.29. The van der Waals surface area contributed by atoms with Gasteiger partial charge in [-0.25, -0.2) is 8.42 Å². The van der Waals surface area contributed by atoms with Gasteiger partial charge in [-0.3, -0.25) is 4.79 Å². The summed E-state index contributed by atoms with van der Waals surface area (Å²) in [5.74, 6) is 0.0239. The zero-order chi connectivity index (χ0) is 21.6. The molecule has 0 unspecified atom stereocenters. The first kappa shape index (κ1) is 23.0. The normalized spacial score (nSPS) is 11.4. The van der Waals surface area contributed by atoms with Crippen molar-refractivity contribution in [2.75, 3.05) is 37.4 Å². The van der Waals surface area contributed by atoms with Gasteiger partial charge in [0.1, 0.15) is 5.75 Å². The molecule has 0 aliphatic heterocycles. The smallest absolute Gasteiger partial charge is 0.243 e. The number of amides is 1. The molecule has 7 nitrogen and oxygen atoms in total. The maximum absolute atomic E-state index is 12.8. The van der Waals surface area contributed by atoms with Gasteiger partial charge in [0, 0.05) is 23.8 Å². The first-order valence-electron chi connectivity index (χ1n) is 9.21. The minimum atomic E-state index is -3.65. The van der Waals surface area contributed by atoms with Crippen molar-refractivity contribution in [3.05, 3.63) is 47.0 Å². The van der Waals surface area contributed by atoms with E-state index in [4.69, 9.17) is 16.3 Å². The minimum Gasteiger partial charge on any atom is -0.495 e. The maximum Gasteiger partial charge on any atom is 0.243 e. The second-order valence-corrected chi connectivity index (χ2v) is 8.69. The predicted octanol–water partition coefficient (Wildman–Crippen LogP) is 3.74. The molecule has 0 saturated heterocycles. The van der Waals surface area contributed by atoms with E-state index in [1.54, 1.807) is 26.0 Å². The summed E-state index contributed by atoms with van der Waals surface area (Å²) in [6.07, 6.45) is 0. The quantitative estimate of drug-likeness (QED) is 0.621. The summed E-state index contributed by atoms with van der Waals surface area (Å²) in [6, 6.07) is 9.77. The number of nitrogens with zero attached hydrogens (tertiary/aromatic N) is 1. The Kier molecular flexibility index (Phi) is 7.89. The Labute approximate surface area is 177 Å². The third-order valence-corrected chi connectivity index (χ3v) is 6.71. The van der Waals surface area contributed by atoms with E-state index >= 15 is 0 Å². The summed E-state index contributed by atoms with van der Waals surface area (Å²) >= 11 is 5.99. The van der Waals surface area contributed by atoms with Gasteiger partial charge in [-0.15, -0.1) is 0 Å². The summed E-state index contributed by atoms with van der Waals surface area (Å²) in [6.45, 7) is 6.15. The molecule has 0 atom stereocenters. The number of hydrogen-bond acceptors (Lipinski definition) is 5. The molecular weight excluding hydrogens is 414 g/mol. The third-order valence-electron chi connectivity index (χ3n) is 4.43. The first-order chi connectivity index (χ1) is 13.7. The maximum atomic E-state index is 12.8. The fraction of sp³-hybridized carbons (Fsp3) is 0.350. The van der Waals surface area contributed by atoms with E-state index in [1.165, 1.54) is 29.6 Å². The molecule has 0 heterocycles. The van der Waals surface area contributed by atoms with Crippen LogP contribution in [0.5, 0.6) is 5.75 Å². The van der Waals surface area contributed by atoms with Gasteiger partial charge in [-0.05, 0) is 42.8 Å². The number of carbonyl (C=O) groups excluding carboxylic acids is 1. The van der Waals surface area contributed by atoms with E-state index < -0.39 is 10.0 Å². The van der Waals surface area contributed by atoms with E-state index in [-0.39, 0.29) is 23.0 Å². The average Bonchev–Trinajstić information content (AvgIpc) is 2.69. The Balaban J connectivity index is 2.20. The Morgan fingerprint density at radius 1 is 1.10 bits per heavy atom. The molecule has 158 valence electrons. The van der Waals surface area contributed by atoms with Gasteiger partial charge < -0.3 is 15.4 Å². The number of hydrogen-bond donors (Lipinski definition) is 2. The van der Waals surface area contributed by atoms with Gasteiger partial charge >= 0.3 is 0 Å². The number of sulfonamides is 1. The van der Waals surface area contributed by atoms with Crippen LogP contribution >= 0.6 is 11.6 Å². The summed E-state index contributed by atoms with van der Waals surface area (Å²) in [5.41, 5.74) is 1.99. The van der Waals surface area contributed by atoms with Crippen molar-refractivity contribution in [1.29, 1.82) is 0 Å². The molecule has 0 saturated carbocycles. The van der Waals surface area contributed by atoms with Gasteiger partial charge in [0.05, 0.1) is 24.2 Å². The Hall–Kier alpha value is -2.29. The van der Waals surface area contributed by atoms with Crippen LogP contribution in [-0.2, 0) is 14.8 Å². The van der Waals surface area contributed by atoms with Crippen molar-refractivity contribution in [1.82, 2.24) is 4.31 Å². The van der Waals surface area contributed by atoms with Crippen LogP contribution in [0.1, 0.15) is 19.4 Å². The second-order valence-electron chi connectivity index (χ2n) is 6.31. The molecule has 0 spiro atoms. The number of rotatable bonds is 9. The van der Waals surface area contributed by atoms with Gasteiger partial charge in [-0.1, -0.05) is 31.5 Å². The van der Waals surface area contributed by atoms with Gasteiger partial charge in [0.25, 0.3) is 0 Å². The van der Waals surface area contributed by atoms with Crippen LogP contribution in [-0.4, -0.2) is 45.4 Å². The number of nitrogens with one attached hydrogen (secondary N) is 2. The number of ether oxygens (including phenoxy) is 1. The van der Waals surface area contributed by atoms with Crippen LogP contribution in [0.4, 0.5) is 11.4 Å². The minimum absolute atomic E-state index is 0.0165. The lowest BCUT2D eigenvalue weighted by atomic mass is 10.2. The van der Waals surface area contributed by atoms with Crippen molar-refractivity contribution in [2.45, 2.75) is 25.7 Å². The highest BCUT2D eigenvalue weighted by atomic mass is 35.5. The number of aryl methyl sites for hydroxylation is 1. The summed E-state index contributed by atoms with van der Waals surface area (Å²) in [7, 11) is -2.20. The Bertz CT molecular complexity index is 976. The molecule has 29 heavy (non-hydrogen) atoms. The van der Waals surface area contributed by atoms with Crippen molar-refractivity contribution in [3.63, 3.8) is 0 Å². The van der Waals surface area contributed by atoms with Gasteiger partial charge in [0.15, 0.2) is 0 Å². The zero-order valence-corrected chi connectivity index (χ0v) is 18.5. The lowest BCUT2D eigenvalue weighted by Gasteiger charge is -2.19. The summed E-state index contributed by atoms with van der Waals surface area (Å²) in [5, 5.41) is 6.30. The van der Waals surface area contributed by atoms with E-state index in [9.17, 15) is 13.2 Å². The number of methoxy groups -OCH3 is 1. The summed E-state index contributed by atoms with van der Waals surface area (Å²) < 4.78 is 32.1. The zero-order valence-electron chi connectivity index (χ0n) is 17.0. The van der Waals surface area contributed by atoms with Crippen molar-refractivity contribution in [2.24, 2.45) is 0 Å². The molecule has 9 heteroatoms. The van der Waals surface area contributed by atoms with Crippen LogP contribution in [0.2, 0.25) is 5.02 Å². The van der Waals surface area contributed by atoms with Gasteiger partial charge in [0.2, 0.25) is 15.9 Å². The molecule has 1 amide bonds. The molecule has 2 aromatic rings. The number of benzene rings is 2. The first-order valence-corrected chi connectivity index (χ1v) is 11.0. The van der Waals surface area contributed by atoms with Crippen molar-refractivity contribution >= 4 is 38.9 Å². The van der Waals surface area contributed by atoms with Crippen molar-refractivity contribution < 1.29 is 17.9 Å². The van der Waals surface area contributed by atoms with E-state index in [1.807, 2.05) is 13.0 Å². The molecular formula is C20H26ClN3O4S. The summed E-state index contributed by atoms with van der Waals surface area (Å²) in [4.78, 5) is 12.5. The highest BCUT2D eigenvalue weighted by molar-refractivity contribution is 7.89. The largest absolute Gasteiger partial charge is 0.495 e. The average molecular weight is 440 g/mol. The lowest BCUT2D eigenvalue weighted by Crippen LogP contribution is -2.30. The van der Waals surface area contributed by atoms with Gasteiger partial charge in [-0.2, -0.15) is 4.31 Å². The van der Waals surface area contributed by atoms with E-state index in [0.717, 1.165) is 11.3 Å². The molecule has 0 radical (unpaired) electrons. The molecule has 0 bridgehead atoms. The fourth-order valence-electron chi connectivity index (χ4n) is 2.81. The molecule has 0 aromatic heterocycles. The van der Waals surface area contributed by atoms with Crippen LogP contribution in [0, 0.1) is 6.92 Å². The SMILES string of the molecule is CCN(CC)S(=O)(=O)c1ccc(OC)c(NC(=O)CNc2cc(Cl)ccc2C)c1. The Morgan fingerprint density at radius 3 is 2.41 bits per heavy atom. The molecule has 2 aromatic carbocycles. The Morgan fingerprint density at radius 2 is 1.79 bits per heavy atom. The second kappa shape index (κ2) is 9.96. The number of anilines is 2. The standard InChI is InChI=1S/C20H26ClN3O4S/c1-5-24(6-2)29(26,27)16-9-10-19(28-4)18(12-16)23-20(25)13-22-17-11-15(21)8-7-14(17)3/h7-12,22H,5-6,13H2,1-4H3,(H,23,25). The molecule has 2 N–H and O–H groups in total. The van der Waals surface area contributed by atoms with Crippen LogP contribution in [0.25, 0.3) is 0 Å². The highest BCUT2D eigenvalue weighted by Gasteiger charge is 2.23. The van der Waals surface area contributed by atoms with Crippen LogP contribution in [0.3, 0.4) is 0 Å². The molecule has 0 aliphatic carbocycles. The molecule has 0 aliphatic rings. The molecule has 0 fully saturated rings. The topological polar surface area (TPSA) is 87.7 Å². The van der Waals surface area contributed by atoms with Crippen LogP contribution < -0.4 is 15.4 Å².